The van der Waals surface area contributed by atoms with Crippen LogP contribution in [-0.2, 0) is 16.4 Å². The van der Waals surface area contributed by atoms with E-state index in [4.69, 9.17) is 0 Å². The third-order valence-corrected chi connectivity index (χ3v) is 7.42. The zero-order valence-electron chi connectivity index (χ0n) is 17.8. The van der Waals surface area contributed by atoms with Crippen molar-refractivity contribution in [2.45, 2.75) is 43.9 Å². The molecule has 2 aromatic carbocycles. The van der Waals surface area contributed by atoms with Crippen LogP contribution in [0.1, 0.15) is 53.2 Å². The highest BCUT2D eigenvalue weighted by Gasteiger charge is 2.20. The monoisotopic (exact) mass is 458 g/mol. The van der Waals surface area contributed by atoms with Gasteiger partial charge in [0.05, 0.1) is 0 Å². The number of anilines is 1. The van der Waals surface area contributed by atoms with Crippen molar-refractivity contribution < 1.29 is 13.2 Å². The molecule has 9 heteroatoms. The van der Waals surface area contributed by atoms with E-state index in [2.05, 4.69) is 58.3 Å². The normalized spacial score (nSPS) is 11.6. The number of amides is 1. The van der Waals surface area contributed by atoms with Gasteiger partial charge in [0.1, 0.15) is 0 Å². The number of carbonyl (C=O) groups is 1. The number of hydrogen-bond acceptors (Lipinski definition) is 6. The maximum Gasteiger partial charge on any atom is 0.269 e. The Hall–Kier alpha value is -2.62. The fourth-order valence-electron chi connectivity index (χ4n) is 2.87. The third kappa shape index (κ3) is 6.43. The van der Waals surface area contributed by atoms with Crippen molar-refractivity contribution in [3.05, 3.63) is 70.8 Å². The van der Waals surface area contributed by atoms with Gasteiger partial charge in [-0.05, 0) is 48.9 Å². The highest BCUT2D eigenvalue weighted by atomic mass is 32.2. The lowest BCUT2D eigenvalue weighted by Crippen LogP contribution is -2.25. The van der Waals surface area contributed by atoms with Crippen molar-refractivity contribution in [2.75, 3.05) is 11.9 Å². The molecule has 2 N–H and O–H groups in total. The van der Waals surface area contributed by atoms with Crippen molar-refractivity contribution in [3.8, 4) is 0 Å². The van der Waals surface area contributed by atoms with E-state index in [1.165, 1.54) is 11.1 Å². The highest BCUT2D eigenvalue weighted by molar-refractivity contribution is 7.91. The molecule has 0 aliphatic carbocycles. The Labute approximate surface area is 187 Å². The number of carbonyl (C=O) groups excluding carboxylic acids is 1. The van der Waals surface area contributed by atoms with Crippen LogP contribution in [0.15, 0.2) is 52.9 Å². The van der Waals surface area contributed by atoms with Crippen LogP contribution in [0.4, 0.5) is 5.13 Å². The van der Waals surface area contributed by atoms with Crippen LogP contribution in [0.5, 0.6) is 0 Å². The number of benzene rings is 2. The molecule has 0 spiro atoms. The van der Waals surface area contributed by atoms with Crippen LogP contribution < -0.4 is 10.0 Å². The summed E-state index contributed by atoms with van der Waals surface area (Å²) in [4.78, 5) is 12.3. The largest absolute Gasteiger partial charge is 0.296 e. The van der Waals surface area contributed by atoms with Crippen LogP contribution >= 0.6 is 11.3 Å². The average molecular weight is 459 g/mol. The molecule has 0 atom stereocenters. The first kappa shape index (κ1) is 23.1. The molecule has 1 heterocycles. The van der Waals surface area contributed by atoms with Gasteiger partial charge in [-0.1, -0.05) is 67.1 Å². The predicted octanol–water partition coefficient (Wildman–Crippen LogP) is 4.13. The summed E-state index contributed by atoms with van der Waals surface area (Å²) in [6.07, 6.45) is 1.44. The van der Waals surface area contributed by atoms with Crippen molar-refractivity contribution in [3.63, 3.8) is 0 Å². The minimum absolute atomic E-state index is 0.135. The number of aromatic nitrogens is 2. The summed E-state index contributed by atoms with van der Waals surface area (Å²) in [5.41, 5.74) is 3.95. The third-order valence-electron chi connectivity index (χ3n) is 4.75. The van der Waals surface area contributed by atoms with Crippen molar-refractivity contribution in [2.24, 2.45) is 0 Å². The molecular weight excluding hydrogens is 432 g/mol. The topological polar surface area (TPSA) is 101 Å². The number of hydrogen-bond donors (Lipinski definition) is 2. The average Bonchev–Trinajstić information content (AvgIpc) is 3.21. The lowest BCUT2D eigenvalue weighted by Gasteiger charge is -2.07. The molecule has 1 aromatic heterocycles. The maximum atomic E-state index is 12.5. The summed E-state index contributed by atoms with van der Waals surface area (Å²) in [6, 6.07) is 15.4. The molecule has 0 aliphatic rings. The Morgan fingerprint density at radius 3 is 2.35 bits per heavy atom. The van der Waals surface area contributed by atoms with E-state index >= 15 is 0 Å². The zero-order chi connectivity index (χ0) is 22.4. The molecule has 0 unspecified atom stereocenters. The molecule has 0 fully saturated rings. The lowest BCUT2D eigenvalue weighted by atomic mass is 10.0. The van der Waals surface area contributed by atoms with Gasteiger partial charge in [-0.3, -0.25) is 10.1 Å². The molecule has 3 rings (SSSR count). The van der Waals surface area contributed by atoms with Crippen molar-refractivity contribution >= 4 is 32.4 Å². The molecule has 0 radical (unpaired) electrons. The summed E-state index contributed by atoms with van der Waals surface area (Å²) in [5.74, 6) is 0.121. The first-order valence-corrected chi connectivity index (χ1v) is 12.3. The minimum Gasteiger partial charge on any atom is -0.296 e. The van der Waals surface area contributed by atoms with E-state index in [9.17, 15) is 13.2 Å². The van der Waals surface area contributed by atoms with E-state index in [-0.39, 0.29) is 15.4 Å². The van der Waals surface area contributed by atoms with E-state index in [0.29, 0.717) is 24.4 Å². The smallest absolute Gasteiger partial charge is 0.269 e. The van der Waals surface area contributed by atoms with Gasteiger partial charge in [-0.25, -0.2) is 13.1 Å². The molecule has 0 aliphatic heterocycles. The zero-order valence-corrected chi connectivity index (χ0v) is 19.4. The molecule has 3 aromatic rings. The van der Waals surface area contributed by atoms with E-state index in [1.807, 2.05) is 19.1 Å². The van der Waals surface area contributed by atoms with Crippen LogP contribution in [-0.4, -0.2) is 31.1 Å². The van der Waals surface area contributed by atoms with Crippen LogP contribution in [0, 0.1) is 6.92 Å². The number of rotatable bonds is 9. The van der Waals surface area contributed by atoms with Gasteiger partial charge in [-0.15, -0.1) is 10.2 Å². The number of aryl methyl sites for hydroxylation is 2. The highest BCUT2D eigenvalue weighted by Crippen LogP contribution is 2.21. The van der Waals surface area contributed by atoms with Gasteiger partial charge >= 0.3 is 0 Å². The second-order valence-corrected chi connectivity index (χ2v) is 10.5. The van der Waals surface area contributed by atoms with Gasteiger partial charge in [0, 0.05) is 12.1 Å². The number of nitrogens with one attached hydrogen (secondary N) is 2. The summed E-state index contributed by atoms with van der Waals surface area (Å²) in [7, 11) is -3.77. The maximum absolute atomic E-state index is 12.5. The second kappa shape index (κ2) is 10.1. The Balaban J connectivity index is 1.51. The molecule has 164 valence electrons. The summed E-state index contributed by atoms with van der Waals surface area (Å²) >= 11 is 0.820. The van der Waals surface area contributed by atoms with Crippen LogP contribution in [0.2, 0.25) is 0 Å². The number of sulfonamides is 1. The molecule has 7 nitrogen and oxygen atoms in total. The molecule has 1 amide bonds. The Kier molecular flexibility index (Phi) is 7.53. The van der Waals surface area contributed by atoms with Gasteiger partial charge < -0.3 is 0 Å². The molecule has 0 bridgehead atoms. The molecule has 31 heavy (non-hydrogen) atoms. The van der Waals surface area contributed by atoms with E-state index < -0.39 is 10.0 Å². The van der Waals surface area contributed by atoms with Crippen molar-refractivity contribution in [1.29, 1.82) is 0 Å². The van der Waals surface area contributed by atoms with Gasteiger partial charge in [0.25, 0.3) is 15.9 Å². The van der Waals surface area contributed by atoms with E-state index in [1.54, 1.807) is 12.1 Å². The minimum atomic E-state index is -3.77. The summed E-state index contributed by atoms with van der Waals surface area (Å²) in [6.45, 7) is 6.52. The standard InChI is InChI=1S/C22H26N4O3S2/c1-15(2)18-12-8-17(9-13-18)5-4-14-23-31(28,29)22-26-25-21(30-22)24-20(27)19-10-6-16(3)7-11-19/h6-13,15,23H,4-5,14H2,1-3H3,(H,24,25,27). The summed E-state index contributed by atoms with van der Waals surface area (Å²) < 4.78 is 27.3. The summed E-state index contributed by atoms with van der Waals surface area (Å²) in [5, 5.41) is 10.2. The quantitative estimate of drug-likeness (QED) is 0.371. The molecular formula is C22H26N4O3S2. The molecule has 0 saturated carbocycles. The van der Waals surface area contributed by atoms with Gasteiger partial charge in [0.15, 0.2) is 0 Å². The lowest BCUT2D eigenvalue weighted by molar-refractivity contribution is 0.102. The fraction of sp³-hybridized carbons (Fsp3) is 0.318. The fourth-order valence-corrected chi connectivity index (χ4v) is 4.88. The van der Waals surface area contributed by atoms with Gasteiger partial charge in [-0.2, -0.15) is 0 Å². The SMILES string of the molecule is Cc1ccc(C(=O)Nc2nnc(S(=O)(=O)NCCCc3ccc(C(C)C)cc3)s2)cc1. The first-order chi connectivity index (χ1) is 14.7. The molecule has 0 saturated heterocycles. The van der Waals surface area contributed by atoms with Gasteiger partial charge in [0.2, 0.25) is 9.47 Å². The van der Waals surface area contributed by atoms with E-state index in [0.717, 1.165) is 23.3 Å². The van der Waals surface area contributed by atoms with Crippen molar-refractivity contribution in [1.82, 2.24) is 14.9 Å². The Morgan fingerprint density at radius 2 is 1.71 bits per heavy atom. The number of nitrogens with zero attached hydrogens (tertiary/aromatic N) is 2. The van der Waals surface area contributed by atoms with Crippen LogP contribution in [0.25, 0.3) is 0 Å². The first-order valence-electron chi connectivity index (χ1n) is 10.0. The van der Waals surface area contributed by atoms with Crippen LogP contribution in [0.3, 0.4) is 0 Å². The Bertz CT molecular complexity index is 1120. The Morgan fingerprint density at radius 1 is 1.03 bits per heavy atom. The predicted molar refractivity (Wildman–Crippen MR) is 123 cm³/mol. The second-order valence-electron chi connectivity index (χ2n) is 7.59.